The van der Waals surface area contributed by atoms with Gasteiger partial charge in [-0.15, -0.1) is 0 Å². The summed E-state index contributed by atoms with van der Waals surface area (Å²) in [4.78, 5) is 22.1. The van der Waals surface area contributed by atoms with E-state index in [1.807, 2.05) is 30.0 Å². The van der Waals surface area contributed by atoms with E-state index in [0.717, 1.165) is 60.4 Å². The van der Waals surface area contributed by atoms with Crippen molar-refractivity contribution in [3.8, 4) is 0 Å². The Labute approximate surface area is 144 Å². The number of pyridine rings is 1. The fourth-order valence-corrected chi connectivity index (χ4v) is 3.47. The first-order valence-electron chi connectivity index (χ1n) is 8.83. The zero-order chi connectivity index (χ0) is 17.3. The van der Waals surface area contributed by atoms with E-state index in [9.17, 15) is 4.79 Å². The quantitative estimate of drug-likeness (QED) is 0.869. The molecule has 1 aliphatic rings. The summed E-state index contributed by atoms with van der Waals surface area (Å²) >= 11 is 0. The number of carbonyl (C=O) groups is 1. The molecular formula is C20H27N3O. The van der Waals surface area contributed by atoms with Crippen LogP contribution in [0.25, 0.3) is 10.9 Å². The molecule has 1 aliphatic heterocycles. The summed E-state index contributed by atoms with van der Waals surface area (Å²) in [5, 5.41) is 0.968. The molecule has 0 spiro atoms. The van der Waals surface area contributed by atoms with Crippen LogP contribution in [0.2, 0.25) is 0 Å². The average Bonchev–Trinajstić information content (AvgIpc) is 2.54. The lowest BCUT2D eigenvalue weighted by atomic mass is 10.0. The molecule has 2 aromatic rings. The van der Waals surface area contributed by atoms with E-state index in [4.69, 9.17) is 0 Å². The molecule has 1 amide bonds. The van der Waals surface area contributed by atoms with E-state index in [1.165, 1.54) is 0 Å². The summed E-state index contributed by atoms with van der Waals surface area (Å²) in [7, 11) is 0. The molecule has 0 atom stereocenters. The molecule has 128 valence electrons. The molecule has 0 bridgehead atoms. The number of hydrogen-bond donors (Lipinski definition) is 0. The fourth-order valence-electron chi connectivity index (χ4n) is 3.47. The summed E-state index contributed by atoms with van der Waals surface area (Å²) in [5.74, 6) is 0.808. The van der Waals surface area contributed by atoms with E-state index in [2.05, 4.69) is 36.7 Å². The molecule has 0 radical (unpaired) electrons. The van der Waals surface area contributed by atoms with E-state index < -0.39 is 0 Å². The molecule has 1 fully saturated rings. The van der Waals surface area contributed by atoms with Crippen LogP contribution >= 0.6 is 0 Å². The number of piperazine rings is 1. The molecule has 2 heterocycles. The predicted octanol–water partition coefficient (Wildman–Crippen LogP) is 3.27. The summed E-state index contributed by atoms with van der Waals surface area (Å²) < 4.78 is 0. The third kappa shape index (κ3) is 3.59. The van der Waals surface area contributed by atoms with E-state index >= 15 is 0 Å². The number of benzene rings is 1. The number of aromatic nitrogens is 1. The van der Waals surface area contributed by atoms with Gasteiger partial charge in [0.15, 0.2) is 0 Å². The first-order chi connectivity index (χ1) is 11.4. The number of hydrogen-bond acceptors (Lipinski definition) is 3. The molecule has 0 saturated carbocycles. The lowest BCUT2D eigenvalue weighted by Crippen LogP contribution is -2.49. The van der Waals surface area contributed by atoms with Crippen LogP contribution in [-0.4, -0.2) is 53.4 Å². The van der Waals surface area contributed by atoms with Gasteiger partial charge in [0.05, 0.1) is 11.1 Å². The zero-order valence-corrected chi connectivity index (χ0v) is 15.2. The predicted molar refractivity (Wildman–Crippen MR) is 98.4 cm³/mol. The van der Waals surface area contributed by atoms with Crippen LogP contribution in [0, 0.1) is 19.8 Å². The van der Waals surface area contributed by atoms with Crippen molar-refractivity contribution in [1.29, 1.82) is 0 Å². The van der Waals surface area contributed by atoms with Crippen molar-refractivity contribution in [2.75, 3.05) is 32.7 Å². The molecule has 1 aromatic heterocycles. The van der Waals surface area contributed by atoms with Crippen molar-refractivity contribution >= 4 is 16.8 Å². The summed E-state index contributed by atoms with van der Waals surface area (Å²) in [5.41, 5.74) is 3.75. The Morgan fingerprint density at radius 2 is 1.83 bits per heavy atom. The van der Waals surface area contributed by atoms with Crippen LogP contribution in [0.5, 0.6) is 0 Å². The van der Waals surface area contributed by atoms with Crippen LogP contribution in [0.4, 0.5) is 0 Å². The standard InChI is InChI=1S/C20H27N3O/c1-14(2)13-22-7-9-23(10-8-22)20(24)18-12-16(4)21-19-6-5-15(3)11-17(18)19/h5-6,11-12,14H,7-10,13H2,1-4H3. The van der Waals surface area contributed by atoms with E-state index in [0.29, 0.717) is 5.92 Å². The number of aryl methyl sites for hydroxylation is 2. The number of nitrogens with zero attached hydrogens (tertiary/aromatic N) is 3. The number of rotatable bonds is 3. The maximum absolute atomic E-state index is 13.1. The molecule has 3 rings (SSSR count). The van der Waals surface area contributed by atoms with Gasteiger partial charge in [-0.1, -0.05) is 25.5 Å². The van der Waals surface area contributed by atoms with Crippen LogP contribution in [-0.2, 0) is 0 Å². The van der Waals surface area contributed by atoms with Crippen LogP contribution < -0.4 is 0 Å². The minimum Gasteiger partial charge on any atom is -0.336 e. The number of carbonyl (C=O) groups excluding carboxylic acids is 1. The third-order valence-corrected chi connectivity index (χ3v) is 4.61. The second-order valence-electron chi connectivity index (χ2n) is 7.32. The van der Waals surface area contributed by atoms with Gasteiger partial charge in [-0.3, -0.25) is 14.7 Å². The van der Waals surface area contributed by atoms with Gasteiger partial charge in [0.2, 0.25) is 0 Å². The Bertz CT molecular complexity index is 746. The van der Waals surface area contributed by atoms with Gasteiger partial charge >= 0.3 is 0 Å². The largest absolute Gasteiger partial charge is 0.336 e. The molecular weight excluding hydrogens is 298 g/mol. The maximum Gasteiger partial charge on any atom is 0.254 e. The van der Waals surface area contributed by atoms with E-state index in [-0.39, 0.29) is 5.91 Å². The highest BCUT2D eigenvalue weighted by Gasteiger charge is 2.24. The highest BCUT2D eigenvalue weighted by atomic mass is 16.2. The SMILES string of the molecule is Cc1ccc2nc(C)cc(C(=O)N3CCN(CC(C)C)CC3)c2c1. The van der Waals surface area contributed by atoms with Crippen molar-refractivity contribution in [1.82, 2.24) is 14.8 Å². The van der Waals surface area contributed by atoms with Crippen LogP contribution in [0.3, 0.4) is 0 Å². The molecule has 4 heteroatoms. The van der Waals surface area contributed by atoms with Crippen molar-refractivity contribution in [3.63, 3.8) is 0 Å². The van der Waals surface area contributed by atoms with E-state index in [1.54, 1.807) is 0 Å². The summed E-state index contributed by atoms with van der Waals surface area (Å²) in [6.45, 7) is 13.1. The van der Waals surface area contributed by atoms with Crippen molar-refractivity contribution < 1.29 is 4.79 Å². The van der Waals surface area contributed by atoms with Gasteiger partial charge in [0.1, 0.15) is 0 Å². The van der Waals surface area contributed by atoms with Gasteiger partial charge in [0.25, 0.3) is 5.91 Å². The van der Waals surface area contributed by atoms with Crippen molar-refractivity contribution in [3.05, 3.63) is 41.1 Å². The lowest BCUT2D eigenvalue weighted by molar-refractivity contribution is 0.0625. The van der Waals surface area contributed by atoms with Crippen LogP contribution in [0.15, 0.2) is 24.3 Å². The maximum atomic E-state index is 13.1. The van der Waals surface area contributed by atoms with Crippen molar-refractivity contribution in [2.45, 2.75) is 27.7 Å². The minimum absolute atomic E-state index is 0.139. The van der Waals surface area contributed by atoms with Gasteiger partial charge in [0, 0.05) is 43.8 Å². The monoisotopic (exact) mass is 325 g/mol. The highest BCUT2D eigenvalue weighted by Crippen LogP contribution is 2.22. The molecule has 1 aromatic carbocycles. The summed E-state index contributed by atoms with van der Waals surface area (Å²) in [6.07, 6.45) is 0. The topological polar surface area (TPSA) is 36.4 Å². The Hall–Kier alpha value is -1.94. The van der Waals surface area contributed by atoms with Gasteiger partial charge in [-0.2, -0.15) is 0 Å². The van der Waals surface area contributed by atoms with Crippen LogP contribution in [0.1, 0.15) is 35.5 Å². The normalized spacial score (nSPS) is 16.1. The Kier molecular flexibility index (Phi) is 4.86. The zero-order valence-electron chi connectivity index (χ0n) is 15.2. The highest BCUT2D eigenvalue weighted by molar-refractivity contribution is 6.06. The average molecular weight is 325 g/mol. The summed E-state index contributed by atoms with van der Waals surface area (Å²) in [6, 6.07) is 8.07. The Morgan fingerprint density at radius 3 is 2.50 bits per heavy atom. The lowest BCUT2D eigenvalue weighted by Gasteiger charge is -2.35. The molecule has 4 nitrogen and oxygen atoms in total. The minimum atomic E-state index is 0.139. The first kappa shape index (κ1) is 16.9. The smallest absolute Gasteiger partial charge is 0.254 e. The number of amides is 1. The van der Waals surface area contributed by atoms with Gasteiger partial charge in [-0.05, 0) is 38.0 Å². The Balaban J connectivity index is 1.83. The molecule has 0 N–H and O–H groups in total. The second kappa shape index (κ2) is 6.89. The Morgan fingerprint density at radius 1 is 1.12 bits per heavy atom. The molecule has 0 unspecified atom stereocenters. The third-order valence-electron chi connectivity index (χ3n) is 4.61. The second-order valence-corrected chi connectivity index (χ2v) is 7.32. The molecule has 0 aliphatic carbocycles. The number of fused-ring (bicyclic) bond motifs is 1. The van der Waals surface area contributed by atoms with Gasteiger partial charge in [-0.25, -0.2) is 0 Å². The fraction of sp³-hybridized carbons (Fsp3) is 0.500. The first-order valence-corrected chi connectivity index (χ1v) is 8.83. The molecule has 24 heavy (non-hydrogen) atoms. The molecule has 1 saturated heterocycles. The van der Waals surface area contributed by atoms with Gasteiger partial charge < -0.3 is 4.90 Å². The van der Waals surface area contributed by atoms with Crippen molar-refractivity contribution in [2.24, 2.45) is 5.92 Å².